The lowest BCUT2D eigenvalue weighted by atomic mass is 9.90. The third-order valence-electron chi connectivity index (χ3n) is 1.94. The Hall–Kier alpha value is 0.660. The highest BCUT2D eigenvalue weighted by molar-refractivity contribution is 14.1. The van der Waals surface area contributed by atoms with E-state index >= 15 is 0 Å². The second-order valence-corrected chi connectivity index (χ2v) is 3.67. The van der Waals surface area contributed by atoms with Crippen LogP contribution in [-0.4, -0.2) is 10.6 Å². The summed E-state index contributed by atoms with van der Waals surface area (Å²) in [6, 6.07) is 0. The molecule has 1 saturated carbocycles. The molecular formula is C7H12FI. The van der Waals surface area contributed by atoms with Crippen molar-refractivity contribution in [3.8, 4) is 0 Å². The van der Waals surface area contributed by atoms with Gasteiger partial charge in [0.05, 0.1) is 0 Å². The molecule has 1 fully saturated rings. The van der Waals surface area contributed by atoms with Gasteiger partial charge in [0.15, 0.2) is 0 Å². The molecule has 54 valence electrons. The minimum Gasteiger partial charge on any atom is -0.247 e. The molecule has 0 saturated heterocycles. The summed E-state index contributed by atoms with van der Waals surface area (Å²) in [5.74, 6) is 0.675. The third kappa shape index (κ3) is 2.40. The van der Waals surface area contributed by atoms with Crippen molar-refractivity contribution in [2.24, 2.45) is 5.92 Å². The van der Waals surface area contributed by atoms with Crippen LogP contribution in [0.15, 0.2) is 0 Å². The van der Waals surface area contributed by atoms with Crippen LogP contribution in [0.4, 0.5) is 4.39 Å². The van der Waals surface area contributed by atoms with E-state index in [0.29, 0.717) is 5.92 Å². The molecule has 1 aliphatic carbocycles. The normalized spacial score (nSPS) is 36.7. The Balaban J connectivity index is 2.23. The monoisotopic (exact) mass is 242 g/mol. The molecular weight excluding hydrogens is 230 g/mol. The smallest absolute Gasteiger partial charge is 0.100 e. The molecule has 0 bridgehead atoms. The van der Waals surface area contributed by atoms with Crippen LogP contribution in [-0.2, 0) is 0 Å². The fourth-order valence-corrected chi connectivity index (χ4v) is 2.17. The molecule has 1 rings (SSSR count). The van der Waals surface area contributed by atoms with Crippen molar-refractivity contribution >= 4 is 22.6 Å². The van der Waals surface area contributed by atoms with Gasteiger partial charge in [0.2, 0.25) is 0 Å². The topological polar surface area (TPSA) is 0 Å². The lowest BCUT2D eigenvalue weighted by Crippen LogP contribution is -2.16. The average molecular weight is 242 g/mol. The summed E-state index contributed by atoms with van der Waals surface area (Å²) in [7, 11) is 0. The second-order valence-electron chi connectivity index (χ2n) is 2.78. The van der Waals surface area contributed by atoms with E-state index in [-0.39, 0.29) is 0 Å². The van der Waals surface area contributed by atoms with Gasteiger partial charge in [-0.3, -0.25) is 0 Å². The molecule has 0 aromatic carbocycles. The van der Waals surface area contributed by atoms with Crippen LogP contribution in [0, 0.1) is 5.92 Å². The van der Waals surface area contributed by atoms with Gasteiger partial charge in [-0.05, 0) is 25.2 Å². The molecule has 2 atom stereocenters. The van der Waals surface area contributed by atoms with E-state index in [9.17, 15) is 4.39 Å². The molecule has 0 N–H and O–H groups in total. The van der Waals surface area contributed by atoms with Crippen molar-refractivity contribution in [2.75, 3.05) is 4.43 Å². The summed E-state index contributed by atoms with van der Waals surface area (Å²) in [4.78, 5) is 0. The molecule has 0 spiro atoms. The minimum absolute atomic E-state index is 0.487. The lowest BCUT2D eigenvalue weighted by Gasteiger charge is -2.22. The van der Waals surface area contributed by atoms with E-state index in [2.05, 4.69) is 22.6 Å². The quantitative estimate of drug-likeness (QED) is 0.489. The maximum absolute atomic E-state index is 12.6. The average Bonchev–Trinajstić information content (AvgIpc) is 1.88. The van der Waals surface area contributed by atoms with E-state index in [4.69, 9.17) is 0 Å². The predicted molar refractivity (Wildman–Crippen MR) is 45.7 cm³/mol. The van der Waals surface area contributed by atoms with Crippen molar-refractivity contribution in [1.29, 1.82) is 0 Å². The summed E-state index contributed by atoms with van der Waals surface area (Å²) in [6.45, 7) is 0. The first-order chi connectivity index (χ1) is 4.33. The number of hydrogen-bond acceptors (Lipinski definition) is 0. The van der Waals surface area contributed by atoms with Crippen molar-refractivity contribution in [1.82, 2.24) is 0 Å². The van der Waals surface area contributed by atoms with Crippen LogP contribution < -0.4 is 0 Å². The van der Waals surface area contributed by atoms with Crippen LogP contribution in [0.2, 0.25) is 0 Å². The zero-order chi connectivity index (χ0) is 6.69. The minimum atomic E-state index is -0.487. The predicted octanol–water partition coefficient (Wildman–Crippen LogP) is 2.95. The highest BCUT2D eigenvalue weighted by Crippen LogP contribution is 2.27. The molecule has 0 radical (unpaired) electrons. The van der Waals surface area contributed by atoms with Gasteiger partial charge in [0, 0.05) is 4.43 Å². The Morgan fingerprint density at radius 1 is 1.44 bits per heavy atom. The van der Waals surface area contributed by atoms with Gasteiger partial charge in [-0.2, -0.15) is 0 Å². The number of rotatable bonds is 1. The molecule has 2 heteroatoms. The zero-order valence-corrected chi connectivity index (χ0v) is 7.60. The Bertz CT molecular complexity index is 85.0. The highest BCUT2D eigenvalue weighted by atomic mass is 127. The van der Waals surface area contributed by atoms with Crippen molar-refractivity contribution in [3.05, 3.63) is 0 Å². The molecule has 0 heterocycles. The molecule has 0 aromatic rings. The van der Waals surface area contributed by atoms with Gasteiger partial charge in [-0.15, -0.1) is 0 Å². The number of hydrogen-bond donors (Lipinski definition) is 0. The molecule has 0 amide bonds. The maximum atomic E-state index is 12.6. The molecule has 0 aliphatic heterocycles. The summed E-state index contributed by atoms with van der Waals surface area (Å²) >= 11 is 2.35. The van der Waals surface area contributed by atoms with Gasteiger partial charge in [0.1, 0.15) is 6.17 Å². The van der Waals surface area contributed by atoms with Gasteiger partial charge in [-0.1, -0.05) is 29.0 Å². The Labute approximate surface area is 69.4 Å². The second kappa shape index (κ2) is 3.74. The zero-order valence-electron chi connectivity index (χ0n) is 5.45. The van der Waals surface area contributed by atoms with Crippen LogP contribution >= 0.6 is 22.6 Å². The fourth-order valence-electron chi connectivity index (χ4n) is 1.37. The summed E-state index contributed by atoms with van der Waals surface area (Å²) in [6.07, 6.45) is 3.51. The van der Waals surface area contributed by atoms with E-state index in [0.717, 1.165) is 23.7 Å². The number of halogens is 2. The molecule has 9 heavy (non-hydrogen) atoms. The lowest BCUT2D eigenvalue weighted by molar-refractivity contribution is 0.212. The largest absolute Gasteiger partial charge is 0.247 e. The molecule has 1 aliphatic rings. The van der Waals surface area contributed by atoms with Gasteiger partial charge in [-0.25, -0.2) is 4.39 Å². The standard InChI is InChI=1S/C7H12FI/c8-7-3-1-2-6(4-7)5-9/h6-7H,1-5H2. The summed E-state index contributed by atoms with van der Waals surface area (Å²) in [5.41, 5.74) is 0. The first-order valence-corrected chi connectivity index (χ1v) is 5.05. The summed E-state index contributed by atoms with van der Waals surface area (Å²) in [5, 5.41) is 0. The van der Waals surface area contributed by atoms with Gasteiger partial charge in [0.25, 0.3) is 0 Å². The highest BCUT2D eigenvalue weighted by Gasteiger charge is 2.19. The molecule has 0 nitrogen and oxygen atoms in total. The number of alkyl halides is 2. The first-order valence-electron chi connectivity index (χ1n) is 3.53. The Morgan fingerprint density at radius 3 is 2.67 bits per heavy atom. The van der Waals surface area contributed by atoms with E-state index < -0.39 is 6.17 Å². The summed E-state index contributed by atoms with van der Waals surface area (Å²) < 4.78 is 13.8. The van der Waals surface area contributed by atoms with E-state index in [1.807, 2.05) is 0 Å². The van der Waals surface area contributed by atoms with Crippen LogP contribution in [0.25, 0.3) is 0 Å². The third-order valence-corrected chi connectivity index (χ3v) is 3.18. The van der Waals surface area contributed by atoms with Crippen molar-refractivity contribution in [2.45, 2.75) is 31.9 Å². The van der Waals surface area contributed by atoms with Crippen LogP contribution in [0.5, 0.6) is 0 Å². The van der Waals surface area contributed by atoms with E-state index in [1.165, 1.54) is 6.42 Å². The maximum Gasteiger partial charge on any atom is 0.100 e. The van der Waals surface area contributed by atoms with Crippen LogP contribution in [0.3, 0.4) is 0 Å². The van der Waals surface area contributed by atoms with E-state index in [1.54, 1.807) is 0 Å². The Morgan fingerprint density at radius 2 is 2.22 bits per heavy atom. The SMILES string of the molecule is FC1CCCC(CI)C1. The first kappa shape index (κ1) is 7.76. The van der Waals surface area contributed by atoms with Crippen molar-refractivity contribution in [3.63, 3.8) is 0 Å². The molecule has 2 unspecified atom stereocenters. The van der Waals surface area contributed by atoms with Crippen molar-refractivity contribution < 1.29 is 4.39 Å². The Kier molecular flexibility index (Phi) is 3.22. The molecule has 0 aromatic heterocycles. The van der Waals surface area contributed by atoms with Crippen LogP contribution in [0.1, 0.15) is 25.7 Å². The van der Waals surface area contributed by atoms with Gasteiger partial charge >= 0.3 is 0 Å². The van der Waals surface area contributed by atoms with Gasteiger partial charge < -0.3 is 0 Å². The fraction of sp³-hybridized carbons (Fsp3) is 1.00.